The zero-order chi connectivity index (χ0) is 14.3. The van der Waals surface area contributed by atoms with Crippen LogP contribution in [0.25, 0.3) is 21.9 Å². The molecule has 3 rings (SSSR count). The topological polar surface area (TPSA) is 20.2 Å². The number of hydrogen-bond acceptors (Lipinski definition) is 1. The van der Waals surface area contributed by atoms with Crippen molar-refractivity contribution in [2.24, 2.45) is 0 Å². The number of hydrogen-bond donors (Lipinski definition) is 1. The molecule has 0 spiro atoms. The monoisotopic (exact) mass is 302 g/mol. The van der Waals surface area contributed by atoms with Crippen LogP contribution in [0.15, 0.2) is 48.5 Å². The summed E-state index contributed by atoms with van der Waals surface area (Å²) in [5, 5.41) is 13.6. The molecular formula is C17H12Cl2O. The first-order valence-electron chi connectivity index (χ1n) is 6.24. The van der Waals surface area contributed by atoms with Crippen LogP contribution in [-0.4, -0.2) is 5.11 Å². The summed E-state index contributed by atoms with van der Waals surface area (Å²) in [6, 6.07) is 15.2. The summed E-state index contributed by atoms with van der Waals surface area (Å²) in [6.07, 6.45) is 0. The van der Waals surface area contributed by atoms with Gasteiger partial charge in [-0.15, -0.1) is 0 Å². The molecule has 0 atom stereocenters. The van der Waals surface area contributed by atoms with Crippen molar-refractivity contribution in [2.45, 2.75) is 6.92 Å². The van der Waals surface area contributed by atoms with Crippen molar-refractivity contribution in [3.63, 3.8) is 0 Å². The summed E-state index contributed by atoms with van der Waals surface area (Å²) in [7, 11) is 0. The predicted octanol–water partition coefficient (Wildman–Crippen LogP) is 5.83. The van der Waals surface area contributed by atoms with Crippen LogP contribution in [0.2, 0.25) is 10.0 Å². The normalized spacial score (nSPS) is 10.9. The molecule has 0 amide bonds. The van der Waals surface area contributed by atoms with Crippen LogP contribution in [0.3, 0.4) is 0 Å². The molecule has 3 aromatic carbocycles. The second-order valence-electron chi connectivity index (χ2n) is 4.76. The fraction of sp³-hybridized carbons (Fsp3) is 0.0588. The third kappa shape index (κ3) is 2.13. The molecule has 0 aliphatic heterocycles. The molecule has 0 saturated heterocycles. The van der Waals surface area contributed by atoms with E-state index >= 15 is 0 Å². The van der Waals surface area contributed by atoms with Gasteiger partial charge in [-0.1, -0.05) is 53.5 Å². The van der Waals surface area contributed by atoms with Gasteiger partial charge in [0.05, 0.1) is 5.02 Å². The number of rotatable bonds is 1. The van der Waals surface area contributed by atoms with Crippen molar-refractivity contribution in [1.82, 2.24) is 0 Å². The highest BCUT2D eigenvalue weighted by molar-refractivity contribution is 6.36. The molecule has 0 aliphatic rings. The van der Waals surface area contributed by atoms with Crippen LogP contribution in [0.4, 0.5) is 0 Å². The smallest absolute Gasteiger partial charge is 0.127 e. The summed E-state index contributed by atoms with van der Waals surface area (Å²) >= 11 is 12.2. The Morgan fingerprint density at radius 2 is 1.70 bits per heavy atom. The molecule has 0 bridgehead atoms. The van der Waals surface area contributed by atoms with Crippen molar-refractivity contribution in [3.05, 3.63) is 64.1 Å². The number of aromatic hydroxyl groups is 1. The Bertz CT molecular complexity index is 809. The van der Waals surface area contributed by atoms with Crippen LogP contribution in [0.5, 0.6) is 5.75 Å². The van der Waals surface area contributed by atoms with Crippen molar-refractivity contribution >= 4 is 34.0 Å². The molecule has 0 aliphatic carbocycles. The summed E-state index contributed by atoms with van der Waals surface area (Å²) in [5.41, 5.74) is 2.36. The van der Waals surface area contributed by atoms with Gasteiger partial charge in [-0.05, 0) is 41.5 Å². The van der Waals surface area contributed by atoms with Crippen LogP contribution >= 0.6 is 23.2 Å². The van der Waals surface area contributed by atoms with Crippen molar-refractivity contribution < 1.29 is 5.11 Å². The first-order valence-corrected chi connectivity index (χ1v) is 7.00. The van der Waals surface area contributed by atoms with Gasteiger partial charge in [-0.25, -0.2) is 0 Å². The Morgan fingerprint density at radius 3 is 2.45 bits per heavy atom. The Kier molecular flexibility index (Phi) is 3.33. The maximum absolute atomic E-state index is 10.5. The lowest BCUT2D eigenvalue weighted by Gasteiger charge is -2.13. The molecule has 0 aromatic heterocycles. The lowest BCUT2D eigenvalue weighted by molar-refractivity contribution is 0.474. The first kappa shape index (κ1) is 13.3. The van der Waals surface area contributed by atoms with E-state index in [-0.39, 0.29) is 5.75 Å². The lowest BCUT2D eigenvalue weighted by Crippen LogP contribution is -1.87. The van der Waals surface area contributed by atoms with Crippen molar-refractivity contribution in [3.8, 4) is 16.9 Å². The molecule has 3 aromatic rings. The zero-order valence-corrected chi connectivity index (χ0v) is 12.3. The molecule has 20 heavy (non-hydrogen) atoms. The van der Waals surface area contributed by atoms with E-state index in [9.17, 15) is 5.11 Å². The number of phenols is 1. The molecule has 100 valence electrons. The minimum atomic E-state index is 0.257. The SMILES string of the molecule is Cc1cc2ccccc2c(-c2ccc(Cl)cc2Cl)c1O. The van der Waals surface area contributed by atoms with E-state index in [1.165, 1.54) is 0 Å². The molecule has 0 heterocycles. The number of fused-ring (bicyclic) bond motifs is 1. The highest BCUT2D eigenvalue weighted by Crippen LogP contribution is 2.42. The average Bonchev–Trinajstić information content (AvgIpc) is 2.42. The van der Waals surface area contributed by atoms with Gasteiger partial charge in [0.2, 0.25) is 0 Å². The van der Waals surface area contributed by atoms with Gasteiger partial charge in [0, 0.05) is 16.1 Å². The minimum Gasteiger partial charge on any atom is -0.507 e. The largest absolute Gasteiger partial charge is 0.507 e. The third-order valence-electron chi connectivity index (χ3n) is 3.41. The maximum atomic E-state index is 10.5. The van der Waals surface area contributed by atoms with Crippen LogP contribution < -0.4 is 0 Å². The van der Waals surface area contributed by atoms with E-state index in [4.69, 9.17) is 23.2 Å². The molecule has 1 nitrogen and oxygen atoms in total. The Morgan fingerprint density at radius 1 is 0.950 bits per heavy atom. The van der Waals surface area contributed by atoms with Crippen molar-refractivity contribution in [1.29, 1.82) is 0 Å². The van der Waals surface area contributed by atoms with Gasteiger partial charge in [0.1, 0.15) is 5.75 Å². The van der Waals surface area contributed by atoms with Crippen LogP contribution in [0.1, 0.15) is 5.56 Å². The van der Waals surface area contributed by atoms with E-state index in [0.29, 0.717) is 10.0 Å². The van der Waals surface area contributed by atoms with Gasteiger partial charge in [-0.3, -0.25) is 0 Å². The summed E-state index contributed by atoms with van der Waals surface area (Å²) in [4.78, 5) is 0. The number of halogens is 2. The second-order valence-corrected chi connectivity index (χ2v) is 5.61. The molecule has 0 fully saturated rings. The molecule has 0 unspecified atom stereocenters. The third-order valence-corrected chi connectivity index (χ3v) is 3.96. The quantitative estimate of drug-likeness (QED) is 0.600. The summed E-state index contributed by atoms with van der Waals surface area (Å²) in [6.45, 7) is 1.88. The van der Waals surface area contributed by atoms with E-state index in [2.05, 4.69) is 0 Å². The molecule has 1 N–H and O–H groups in total. The van der Waals surface area contributed by atoms with Gasteiger partial charge < -0.3 is 5.11 Å². The average molecular weight is 303 g/mol. The van der Waals surface area contributed by atoms with Gasteiger partial charge in [-0.2, -0.15) is 0 Å². The zero-order valence-electron chi connectivity index (χ0n) is 10.8. The standard InChI is InChI=1S/C17H12Cl2O/c1-10-8-11-4-2-3-5-13(11)16(17(10)20)14-7-6-12(18)9-15(14)19/h2-9,20H,1H3. The van der Waals surface area contributed by atoms with E-state index < -0.39 is 0 Å². The molecule has 0 saturated carbocycles. The molecule has 3 heteroatoms. The van der Waals surface area contributed by atoms with Crippen LogP contribution in [0, 0.1) is 6.92 Å². The minimum absolute atomic E-state index is 0.257. The Labute approximate surface area is 127 Å². The fourth-order valence-corrected chi connectivity index (χ4v) is 2.94. The highest BCUT2D eigenvalue weighted by Gasteiger charge is 2.14. The summed E-state index contributed by atoms with van der Waals surface area (Å²) in [5.74, 6) is 0.257. The van der Waals surface area contributed by atoms with Crippen LogP contribution in [-0.2, 0) is 0 Å². The first-order chi connectivity index (χ1) is 9.58. The Balaban J connectivity index is 2.43. The van der Waals surface area contributed by atoms with E-state index in [0.717, 1.165) is 27.5 Å². The van der Waals surface area contributed by atoms with Gasteiger partial charge in [0.15, 0.2) is 0 Å². The number of benzene rings is 3. The lowest BCUT2D eigenvalue weighted by atomic mass is 9.94. The summed E-state index contributed by atoms with van der Waals surface area (Å²) < 4.78 is 0. The maximum Gasteiger partial charge on any atom is 0.127 e. The Hall–Kier alpha value is -1.70. The number of phenolic OH excluding ortho intramolecular Hbond substituents is 1. The predicted molar refractivity (Wildman–Crippen MR) is 85.8 cm³/mol. The molecular weight excluding hydrogens is 291 g/mol. The van der Waals surface area contributed by atoms with Crippen molar-refractivity contribution in [2.75, 3.05) is 0 Å². The molecule has 0 radical (unpaired) electrons. The van der Waals surface area contributed by atoms with Gasteiger partial charge in [0.25, 0.3) is 0 Å². The fourth-order valence-electron chi connectivity index (χ4n) is 2.44. The highest BCUT2D eigenvalue weighted by atomic mass is 35.5. The number of aryl methyl sites for hydroxylation is 1. The van der Waals surface area contributed by atoms with E-state index in [1.807, 2.05) is 43.3 Å². The second kappa shape index (κ2) is 5.01. The van der Waals surface area contributed by atoms with Gasteiger partial charge >= 0.3 is 0 Å². The van der Waals surface area contributed by atoms with E-state index in [1.54, 1.807) is 12.1 Å².